The molecule has 0 aliphatic heterocycles. The van der Waals surface area contributed by atoms with Gasteiger partial charge in [-0.2, -0.15) is 0 Å². The summed E-state index contributed by atoms with van der Waals surface area (Å²) >= 11 is 0. The van der Waals surface area contributed by atoms with Crippen molar-refractivity contribution in [3.05, 3.63) is 30.3 Å². The molecule has 1 fully saturated rings. The van der Waals surface area contributed by atoms with E-state index in [1.165, 1.54) is 32.1 Å². The lowest BCUT2D eigenvalue weighted by Crippen LogP contribution is -2.46. The van der Waals surface area contributed by atoms with Crippen molar-refractivity contribution in [1.82, 2.24) is 4.90 Å². The Morgan fingerprint density at radius 1 is 1.14 bits per heavy atom. The van der Waals surface area contributed by atoms with Crippen molar-refractivity contribution < 1.29 is 9.84 Å². The molecule has 1 atom stereocenters. The summed E-state index contributed by atoms with van der Waals surface area (Å²) in [4.78, 5) is 2.46. The molecule has 1 aliphatic carbocycles. The van der Waals surface area contributed by atoms with Crippen molar-refractivity contribution in [2.24, 2.45) is 0 Å². The Bertz CT molecular complexity index is 387. The van der Waals surface area contributed by atoms with Gasteiger partial charge in [-0.05, 0) is 38.8 Å². The molecule has 1 aliphatic rings. The van der Waals surface area contributed by atoms with Gasteiger partial charge in [0, 0.05) is 18.6 Å². The van der Waals surface area contributed by atoms with E-state index in [0.29, 0.717) is 25.2 Å². The highest BCUT2D eigenvalue weighted by atomic mass is 16.5. The van der Waals surface area contributed by atoms with Crippen LogP contribution in [-0.2, 0) is 0 Å². The molecule has 0 heterocycles. The maximum atomic E-state index is 10.3. The van der Waals surface area contributed by atoms with E-state index in [1.54, 1.807) is 0 Å². The van der Waals surface area contributed by atoms with E-state index < -0.39 is 6.10 Å². The van der Waals surface area contributed by atoms with Crippen molar-refractivity contribution in [3.63, 3.8) is 0 Å². The largest absolute Gasteiger partial charge is 0.491 e. The fourth-order valence-corrected chi connectivity index (χ4v) is 3.20. The van der Waals surface area contributed by atoms with Crippen molar-refractivity contribution in [2.75, 3.05) is 13.2 Å². The van der Waals surface area contributed by atoms with E-state index in [-0.39, 0.29) is 0 Å². The van der Waals surface area contributed by atoms with E-state index in [9.17, 15) is 5.11 Å². The van der Waals surface area contributed by atoms with E-state index in [2.05, 4.69) is 18.7 Å². The first-order chi connectivity index (χ1) is 10.2. The molecule has 0 spiro atoms. The van der Waals surface area contributed by atoms with Gasteiger partial charge in [0.15, 0.2) is 0 Å². The minimum atomic E-state index is -0.436. The third kappa shape index (κ3) is 5.33. The van der Waals surface area contributed by atoms with Gasteiger partial charge in [0.2, 0.25) is 0 Å². The van der Waals surface area contributed by atoms with Crippen LogP contribution in [0, 0.1) is 0 Å². The molecule has 0 unspecified atom stereocenters. The van der Waals surface area contributed by atoms with Crippen LogP contribution in [-0.4, -0.2) is 41.3 Å². The zero-order valence-electron chi connectivity index (χ0n) is 13.4. The Morgan fingerprint density at radius 2 is 1.81 bits per heavy atom. The summed E-state index contributed by atoms with van der Waals surface area (Å²) in [5.41, 5.74) is 0. The van der Waals surface area contributed by atoms with Crippen LogP contribution in [0.25, 0.3) is 0 Å². The Balaban J connectivity index is 1.81. The molecule has 1 saturated carbocycles. The van der Waals surface area contributed by atoms with Crippen LogP contribution in [0.4, 0.5) is 0 Å². The highest BCUT2D eigenvalue weighted by Gasteiger charge is 2.25. The molecule has 1 aromatic rings. The average Bonchev–Trinajstić information content (AvgIpc) is 2.52. The van der Waals surface area contributed by atoms with E-state index in [4.69, 9.17) is 4.74 Å². The molecule has 118 valence electrons. The van der Waals surface area contributed by atoms with Crippen molar-refractivity contribution >= 4 is 0 Å². The maximum Gasteiger partial charge on any atom is 0.119 e. The molecule has 2 rings (SSSR count). The van der Waals surface area contributed by atoms with Crippen molar-refractivity contribution in [2.45, 2.75) is 64.1 Å². The molecular formula is C18H29NO2. The van der Waals surface area contributed by atoms with Crippen LogP contribution in [0.1, 0.15) is 46.0 Å². The number of hydrogen-bond donors (Lipinski definition) is 1. The molecule has 1 aromatic carbocycles. The Morgan fingerprint density at radius 3 is 2.43 bits per heavy atom. The van der Waals surface area contributed by atoms with Crippen LogP contribution >= 0.6 is 0 Å². The molecular weight excluding hydrogens is 262 g/mol. The smallest absolute Gasteiger partial charge is 0.119 e. The van der Waals surface area contributed by atoms with Gasteiger partial charge in [-0.3, -0.25) is 4.90 Å². The lowest BCUT2D eigenvalue weighted by molar-refractivity contribution is 0.0287. The minimum absolute atomic E-state index is 0.361. The monoisotopic (exact) mass is 291 g/mol. The standard InChI is InChI=1S/C18H29NO2/c1-15(2)19(16-9-5-3-6-10-16)13-17(20)14-21-18-11-7-4-8-12-18/h4,7-8,11-12,15-17,20H,3,5-6,9-10,13-14H2,1-2H3/t17-/m0/s1. The first-order valence-corrected chi connectivity index (χ1v) is 8.28. The van der Waals surface area contributed by atoms with Crippen molar-refractivity contribution in [3.8, 4) is 5.75 Å². The number of para-hydroxylation sites is 1. The molecule has 0 amide bonds. The zero-order chi connectivity index (χ0) is 15.1. The summed E-state index contributed by atoms with van der Waals surface area (Å²) in [7, 11) is 0. The predicted molar refractivity (Wildman–Crippen MR) is 86.7 cm³/mol. The summed E-state index contributed by atoms with van der Waals surface area (Å²) in [6.07, 6.45) is 6.11. The Kier molecular flexibility index (Phi) is 6.52. The van der Waals surface area contributed by atoms with Gasteiger partial charge >= 0.3 is 0 Å². The fourth-order valence-electron chi connectivity index (χ4n) is 3.20. The van der Waals surface area contributed by atoms with E-state index in [0.717, 1.165) is 5.75 Å². The van der Waals surface area contributed by atoms with Gasteiger partial charge in [0.25, 0.3) is 0 Å². The summed E-state index contributed by atoms with van der Waals surface area (Å²) in [6.45, 7) is 5.51. The molecule has 0 radical (unpaired) electrons. The quantitative estimate of drug-likeness (QED) is 0.835. The van der Waals surface area contributed by atoms with Gasteiger partial charge in [-0.25, -0.2) is 0 Å². The minimum Gasteiger partial charge on any atom is -0.491 e. The van der Waals surface area contributed by atoms with Gasteiger partial charge in [0.05, 0.1) is 0 Å². The third-order valence-corrected chi connectivity index (χ3v) is 4.31. The van der Waals surface area contributed by atoms with Crippen molar-refractivity contribution in [1.29, 1.82) is 0 Å². The predicted octanol–water partition coefficient (Wildman–Crippen LogP) is 3.47. The molecule has 1 N–H and O–H groups in total. The highest BCUT2D eigenvalue weighted by molar-refractivity contribution is 5.20. The topological polar surface area (TPSA) is 32.7 Å². The summed E-state index contributed by atoms with van der Waals surface area (Å²) < 4.78 is 5.66. The second kappa shape index (κ2) is 8.40. The number of hydrogen-bond acceptors (Lipinski definition) is 3. The molecule has 0 saturated heterocycles. The van der Waals surface area contributed by atoms with E-state index in [1.807, 2.05) is 30.3 Å². The Hall–Kier alpha value is -1.06. The van der Waals surface area contributed by atoms with E-state index >= 15 is 0 Å². The number of aliphatic hydroxyl groups is 1. The first-order valence-electron chi connectivity index (χ1n) is 8.28. The zero-order valence-corrected chi connectivity index (χ0v) is 13.4. The molecule has 0 aromatic heterocycles. The summed E-state index contributed by atoms with van der Waals surface area (Å²) in [5.74, 6) is 0.824. The molecule has 3 nitrogen and oxygen atoms in total. The Labute approximate surface area is 128 Å². The fraction of sp³-hybridized carbons (Fsp3) is 0.667. The first kappa shape index (κ1) is 16.3. The second-order valence-electron chi connectivity index (χ2n) is 6.36. The number of nitrogens with zero attached hydrogens (tertiary/aromatic N) is 1. The van der Waals surface area contributed by atoms with Gasteiger partial charge < -0.3 is 9.84 Å². The average molecular weight is 291 g/mol. The summed E-state index contributed by atoms with van der Waals surface area (Å²) in [6, 6.07) is 10.8. The molecule has 0 bridgehead atoms. The number of aliphatic hydroxyl groups excluding tert-OH is 1. The summed E-state index contributed by atoms with van der Waals surface area (Å²) in [5, 5.41) is 10.3. The molecule has 3 heteroatoms. The van der Waals surface area contributed by atoms with Gasteiger partial charge in [-0.1, -0.05) is 37.5 Å². The highest BCUT2D eigenvalue weighted by Crippen LogP contribution is 2.24. The van der Waals surface area contributed by atoms with Gasteiger partial charge in [0.1, 0.15) is 18.5 Å². The third-order valence-electron chi connectivity index (χ3n) is 4.31. The van der Waals surface area contributed by atoms with Crippen LogP contribution in [0.5, 0.6) is 5.75 Å². The second-order valence-corrected chi connectivity index (χ2v) is 6.36. The van der Waals surface area contributed by atoms with Crippen LogP contribution in [0.3, 0.4) is 0 Å². The lowest BCUT2D eigenvalue weighted by Gasteiger charge is -2.38. The van der Waals surface area contributed by atoms with Crippen LogP contribution in [0.2, 0.25) is 0 Å². The van der Waals surface area contributed by atoms with Crippen LogP contribution in [0.15, 0.2) is 30.3 Å². The molecule has 21 heavy (non-hydrogen) atoms. The number of benzene rings is 1. The SMILES string of the molecule is CC(C)N(C[C@H](O)COc1ccccc1)C1CCCCC1. The lowest BCUT2D eigenvalue weighted by atomic mass is 9.93. The van der Waals surface area contributed by atoms with Gasteiger partial charge in [-0.15, -0.1) is 0 Å². The number of ether oxygens (including phenoxy) is 1. The van der Waals surface area contributed by atoms with Crippen LogP contribution < -0.4 is 4.74 Å². The normalized spacial score (nSPS) is 18.1. The number of rotatable bonds is 7. The maximum absolute atomic E-state index is 10.3.